The van der Waals surface area contributed by atoms with Crippen LogP contribution < -0.4 is 23.5 Å². The van der Waals surface area contributed by atoms with Gasteiger partial charge in [-0.1, -0.05) is 45.0 Å². The molecule has 0 atom stereocenters. The monoisotopic (exact) mass is 524 g/mol. The predicted molar refractivity (Wildman–Crippen MR) is 154 cm³/mol. The van der Waals surface area contributed by atoms with Crippen molar-refractivity contribution >= 4 is 10.8 Å². The fourth-order valence-corrected chi connectivity index (χ4v) is 5.66. The maximum Gasteiger partial charge on any atom is 0.231 e. The molecule has 6 rings (SSSR count). The standard InChI is InChI=1S/C34H38NO4/c1-7-34(4,5)39-33-28-19-35-15-14-24-17-30-31(38-20-37-30)18-26(24)32(35)27(25(28)12-13-29(33)36-6)16-22-8-10-23(11-9-22)21(2)3/h8-13,17-19,21H,7,14-16,20H2,1-6H3/q+1. The van der Waals surface area contributed by atoms with Gasteiger partial charge >= 0.3 is 0 Å². The summed E-state index contributed by atoms with van der Waals surface area (Å²) in [5, 5.41) is 2.26. The smallest absolute Gasteiger partial charge is 0.231 e. The number of aromatic nitrogens is 1. The molecule has 202 valence electrons. The van der Waals surface area contributed by atoms with Gasteiger partial charge in [-0.25, -0.2) is 0 Å². The van der Waals surface area contributed by atoms with Crippen molar-refractivity contribution in [1.82, 2.24) is 0 Å². The third kappa shape index (κ3) is 4.58. The van der Waals surface area contributed by atoms with Crippen LogP contribution in [0.3, 0.4) is 0 Å². The number of nitrogens with zero attached hydrogens (tertiary/aromatic N) is 1. The maximum absolute atomic E-state index is 6.68. The number of aryl methyl sites for hydroxylation is 2. The van der Waals surface area contributed by atoms with Crippen molar-refractivity contribution in [2.75, 3.05) is 13.9 Å². The van der Waals surface area contributed by atoms with Crippen molar-refractivity contribution in [1.29, 1.82) is 0 Å². The largest absolute Gasteiger partial charge is 0.493 e. The molecule has 3 heterocycles. The number of pyridine rings is 1. The average Bonchev–Trinajstić information content (AvgIpc) is 3.39. The van der Waals surface area contributed by atoms with E-state index in [1.165, 1.54) is 38.9 Å². The summed E-state index contributed by atoms with van der Waals surface area (Å²) in [7, 11) is 1.72. The summed E-state index contributed by atoms with van der Waals surface area (Å²) in [6, 6.07) is 17.6. The molecule has 0 aliphatic carbocycles. The Morgan fingerprint density at radius 1 is 0.974 bits per heavy atom. The van der Waals surface area contributed by atoms with E-state index in [1.807, 2.05) is 0 Å². The zero-order chi connectivity index (χ0) is 27.3. The second-order valence-corrected chi connectivity index (χ2v) is 11.6. The van der Waals surface area contributed by atoms with Gasteiger partial charge in [0, 0.05) is 23.8 Å². The second-order valence-electron chi connectivity index (χ2n) is 11.6. The Bertz CT molecular complexity index is 1550. The molecule has 2 aliphatic rings. The van der Waals surface area contributed by atoms with Gasteiger partial charge in [0.05, 0.1) is 18.1 Å². The first-order chi connectivity index (χ1) is 18.8. The molecule has 0 radical (unpaired) electrons. The summed E-state index contributed by atoms with van der Waals surface area (Å²) >= 11 is 0. The molecule has 0 saturated heterocycles. The van der Waals surface area contributed by atoms with Gasteiger partial charge in [-0.3, -0.25) is 0 Å². The minimum absolute atomic E-state index is 0.276. The van der Waals surface area contributed by atoms with Crippen LogP contribution in [0, 0.1) is 0 Å². The van der Waals surface area contributed by atoms with Crippen LogP contribution in [0.15, 0.2) is 54.7 Å². The van der Waals surface area contributed by atoms with Crippen LogP contribution in [0.5, 0.6) is 23.0 Å². The van der Waals surface area contributed by atoms with Gasteiger partial charge in [-0.05, 0) is 67.1 Å². The maximum atomic E-state index is 6.68. The lowest BCUT2D eigenvalue weighted by Gasteiger charge is -2.27. The summed E-state index contributed by atoms with van der Waals surface area (Å²) in [5.41, 5.74) is 7.36. The van der Waals surface area contributed by atoms with Crippen molar-refractivity contribution < 1.29 is 23.5 Å². The summed E-state index contributed by atoms with van der Waals surface area (Å²) in [4.78, 5) is 0. The van der Waals surface area contributed by atoms with E-state index in [9.17, 15) is 0 Å². The summed E-state index contributed by atoms with van der Waals surface area (Å²) in [6.45, 7) is 12.0. The highest BCUT2D eigenvalue weighted by Gasteiger charge is 2.33. The molecule has 0 amide bonds. The van der Waals surface area contributed by atoms with E-state index in [1.54, 1.807) is 7.11 Å². The van der Waals surface area contributed by atoms with Gasteiger partial charge in [-0.15, -0.1) is 0 Å². The molecule has 0 fully saturated rings. The van der Waals surface area contributed by atoms with Crippen molar-refractivity contribution in [3.05, 3.63) is 77.0 Å². The molecule has 3 aromatic carbocycles. The van der Waals surface area contributed by atoms with Crippen LogP contribution in [0.25, 0.3) is 22.0 Å². The highest BCUT2D eigenvalue weighted by Crippen LogP contribution is 2.45. The highest BCUT2D eigenvalue weighted by atomic mass is 16.7. The van der Waals surface area contributed by atoms with Gasteiger partial charge in [0.25, 0.3) is 0 Å². The zero-order valence-corrected chi connectivity index (χ0v) is 23.9. The topological polar surface area (TPSA) is 40.8 Å². The number of benzene rings is 3. The number of rotatable bonds is 7. The third-order valence-corrected chi connectivity index (χ3v) is 8.30. The lowest BCUT2D eigenvalue weighted by Crippen LogP contribution is -2.41. The quantitative estimate of drug-likeness (QED) is 0.237. The molecule has 0 spiro atoms. The Hall–Kier alpha value is -3.73. The first-order valence-corrected chi connectivity index (χ1v) is 14.0. The molecule has 1 aromatic heterocycles. The van der Waals surface area contributed by atoms with Crippen molar-refractivity contribution in [2.24, 2.45) is 0 Å². The van der Waals surface area contributed by atoms with E-state index in [0.29, 0.717) is 5.92 Å². The summed E-state index contributed by atoms with van der Waals surface area (Å²) in [5.74, 6) is 3.74. The van der Waals surface area contributed by atoms with Gasteiger partial charge in [0.15, 0.2) is 35.7 Å². The van der Waals surface area contributed by atoms with Crippen LogP contribution in [-0.2, 0) is 19.4 Å². The number of hydrogen-bond acceptors (Lipinski definition) is 4. The lowest BCUT2D eigenvalue weighted by atomic mass is 9.88. The third-order valence-electron chi connectivity index (χ3n) is 8.30. The summed E-state index contributed by atoms with van der Waals surface area (Å²) < 4.78 is 26.4. The molecule has 0 unspecified atom stereocenters. The molecule has 5 heteroatoms. The lowest BCUT2D eigenvalue weighted by molar-refractivity contribution is -0.686. The molecule has 0 saturated carbocycles. The number of hydrogen-bond donors (Lipinski definition) is 0. The summed E-state index contributed by atoms with van der Waals surface area (Å²) in [6.07, 6.45) is 4.88. The van der Waals surface area contributed by atoms with E-state index >= 15 is 0 Å². The normalized spacial score (nSPS) is 13.9. The van der Waals surface area contributed by atoms with Crippen LogP contribution >= 0.6 is 0 Å². The van der Waals surface area contributed by atoms with Gasteiger partial charge in [0.1, 0.15) is 5.60 Å². The Labute approximate surface area is 231 Å². The fraction of sp³-hybridized carbons (Fsp3) is 0.382. The van der Waals surface area contributed by atoms with Crippen molar-refractivity contribution in [3.8, 4) is 34.3 Å². The number of ether oxygens (including phenoxy) is 4. The van der Waals surface area contributed by atoms with E-state index in [2.05, 4.69) is 93.9 Å². The Morgan fingerprint density at radius 3 is 2.41 bits per heavy atom. The molecular weight excluding hydrogens is 486 g/mol. The van der Waals surface area contributed by atoms with Crippen LogP contribution in [-0.4, -0.2) is 19.5 Å². The van der Waals surface area contributed by atoms with Crippen LogP contribution in [0.1, 0.15) is 69.2 Å². The first-order valence-electron chi connectivity index (χ1n) is 14.0. The molecule has 5 nitrogen and oxygen atoms in total. The fourth-order valence-electron chi connectivity index (χ4n) is 5.66. The van der Waals surface area contributed by atoms with E-state index in [-0.39, 0.29) is 12.4 Å². The average molecular weight is 525 g/mol. The molecule has 39 heavy (non-hydrogen) atoms. The van der Waals surface area contributed by atoms with Gasteiger partial charge in [-0.2, -0.15) is 4.57 Å². The highest BCUT2D eigenvalue weighted by molar-refractivity contribution is 5.95. The van der Waals surface area contributed by atoms with Crippen LogP contribution in [0.2, 0.25) is 0 Å². The Balaban J connectivity index is 1.60. The first kappa shape index (κ1) is 25.5. The predicted octanol–water partition coefficient (Wildman–Crippen LogP) is 7.37. The zero-order valence-electron chi connectivity index (χ0n) is 23.9. The van der Waals surface area contributed by atoms with E-state index in [0.717, 1.165) is 54.2 Å². The Morgan fingerprint density at radius 2 is 1.72 bits per heavy atom. The number of fused-ring (bicyclic) bond motifs is 5. The second kappa shape index (κ2) is 9.78. The van der Waals surface area contributed by atoms with Gasteiger partial charge in [0.2, 0.25) is 12.5 Å². The van der Waals surface area contributed by atoms with Crippen LogP contribution in [0.4, 0.5) is 0 Å². The van der Waals surface area contributed by atoms with E-state index in [4.69, 9.17) is 18.9 Å². The minimum Gasteiger partial charge on any atom is -0.493 e. The number of methoxy groups -OCH3 is 1. The molecule has 2 aliphatic heterocycles. The Kier molecular flexibility index (Phi) is 6.41. The minimum atomic E-state index is -0.320. The van der Waals surface area contributed by atoms with Gasteiger partial charge < -0.3 is 18.9 Å². The molecular formula is C34H38NO4+. The molecule has 0 N–H and O–H groups in total. The van der Waals surface area contributed by atoms with E-state index < -0.39 is 0 Å². The SMILES string of the molecule is CCC(C)(C)Oc1c(OC)ccc2c(Cc3ccc(C(C)C)cc3)c3[n+](cc12)CCc1cc2c(cc1-3)OCO2. The molecule has 4 aromatic rings. The molecule has 0 bridgehead atoms. The van der Waals surface area contributed by atoms with Crippen molar-refractivity contribution in [2.45, 2.75) is 71.9 Å². The van der Waals surface area contributed by atoms with Crippen molar-refractivity contribution in [3.63, 3.8) is 0 Å².